The number of esters is 1. The number of anilines is 1. The van der Waals surface area contributed by atoms with Crippen molar-refractivity contribution in [3.63, 3.8) is 0 Å². The minimum Gasteiger partial charge on any atom is -0.469 e. The molecule has 1 heterocycles. The fourth-order valence-corrected chi connectivity index (χ4v) is 4.79. The number of nitrogens with zero attached hydrogens (tertiary/aromatic N) is 2. The Bertz CT molecular complexity index is 922. The Kier molecular flexibility index (Phi) is 7.42. The first-order valence-electron chi connectivity index (χ1n) is 11.2. The molecule has 0 bridgehead atoms. The second kappa shape index (κ2) is 10.0. The van der Waals surface area contributed by atoms with E-state index in [4.69, 9.17) is 10.5 Å². The van der Waals surface area contributed by atoms with Gasteiger partial charge in [0.2, 0.25) is 0 Å². The highest BCUT2D eigenvalue weighted by Gasteiger charge is 2.27. The summed E-state index contributed by atoms with van der Waals surface area (Å²) in [5.41, 5.74) is 11.2. The lowest BCUT2D eigenvalue weighted by atomic mass is 9.89. The van der Waals surface area contributed by atoms with Gasteiger partial charge in [-0.3, -0.25) is 9.59 Å². The molecule has 6 heteroatoms. The van der Waals surface area contributed by atoms with Crippen LogP contribution in [0.1, 0.15) is 60.3 Å². The highest BCUT2D eigenvalue weighted by atomic mass is 16.5. The van der Waals surface area contributed by atoms with Gasteiger partial charge in [-0.05, 0) is 49.8 Å². The van der Waals surface area contributed by atoms with E-state index in [9.17, 15) is 9.59 Å². The fraction of sp³-hybridized carbons (Fsp3) is 0.520. The molecule has 1 saturated carbocycles. The Labute approximate surface area is 185 Å². The van der Waals surface area contributed by atoms with Gasteiger partial charge in [0.05, 0.1) is 19.1 Å². The number of nitrogens with two attached hydrogens (primary N) is 1. The van der Waals surface area contributed by atoms with Gasteiger partial charge in [0.15, 0.2) is 0 Å². The second-order valence-corrected chi connectivity index (χ2v) is 8.78. The van der Waals surface area contributed by atoms with E-state index < -0.39 is 5.91 Å². The monoisotopic (exact) mass is 425 g/mol. The van der Waals surface area contributed by atoms with Crippen LogP contribution in [0.2, 0.25) is 0 Å². The highest BCUT2D eigenvalue weighted by molar-refractivity contribution is 6.02. The zero-order chi connectivity index (χ0) is 22.5. The van der Waals surface area contributed by atoms with E-state index in [2.05, 4.69) is 4.57 Å². The summed E-state index contributed by atoms with van der Waals surface area (Å²) in [7, 11) is 5.40. The molecule has 1 aliphatic rings. The smallest absolute Gasteiger partial charge is 0.305 e. The molecule has 1 aliphatic carbocycles. The predicted octanol–water partition coefficient (Wildman–Crippen LogP) is 4.31. The van der Waals surface area contributed by atoms with Crippen LogP contribution in [0.3, 0.4) is 0 Å². The molecule has 0 radical (unpaired) electrons. The SMILES string of the molecule is COC(=O)CCc1c(-c2ccc(N(C)C)cc2)c(C(N)=O)c(C)n1CC1CCCCC1. The summed E-state index contributed by atoms with van der Waals surface area (Å²) in [6.45, 7) is 2.83. The summed E-state index contributed by atoms with van der Waals surface area (Å²) < 4.78 is 7.13. The maximum absolute atomic E-state index is 12.6. The molecule has 0 saturated heterocycles. The molecule has 1 amide bonds. The highest BCUT2D eigenvalue weighted by Crippen LogP contribution is 2.36. The minimum atomic E-state index is -0.425. The number of methoxy groups -OCH3 is 1. The third-order valence-electron chi connectivity index (χ3n) is 6.51. The van der Waals surface area contributed by atoms with E-state index >= 15 is 0 Å². The van der Waals surface area contributed by atoms with Crippen LogP contribution in [0.5, 0.6) is 0 Å². The number of carbonyl (C=O) groups is 2. The van der Waals surface area contributed by atoms with Crippen molar-refractivity contribution in [2.45, 2.75) is 58.4 Å². The van der Waals surface area contributed by atoms with Crippen LogP contribution in [-0.4, -0.2) is 37.6 Å². The number of amides is 1. The average molecular weight is 426 g/mol. The van der Waals surface area contributed by atoms with Crippen molar-refractivity contribution < 1.29 is 14.3 Å². The molecule has 0 aliphatic heterocycles. The molecular weight excluding hydrogens is 390 g/mol. The van der Waals surface area contributed by atoms with Gasteiger partial charge in [0.25, 0.3) is 5.91 Å². The molecule has 31 heavy (non-hydrogen) atoms. The number of primary amides is 1. The van der Waals surface area contributed by atoms with E-state index in [1.165, 1.54) is 39.2 Å². The van der Waals surface area contributed by atoms with Crippen LogP contribution in [0.25, 0.3) is 11.1 Å². The van der Waals surface area contributed by atoms with Gasteiger partial charge in [0, 0.05) is 43.3 Å². The standard InChI is InChI=1S/C25H35N3O3/c1-17-23(25(26)30)24(19-10-12-20(13-11-19)27(2)3)21(14-15-22(29)31-4)28(17)16-18-8-6-5-7-9-18/h10-13,18H,5-9,14-16H2,1-4H3,(H2,26,30). The van der Waals surface area contributed by atoms with Crippen molar-refractivity contribution in [1.29, 1.82) is 0 Å². The lowest BCUT2D eigenvalue weighted by molar-refractivity contribution is -0.140. The molecule has 2 N–H and O–H groups in total. The van der Waals surface area contributed by atoms with E-state index in [1.54, 1.807) is 0 Å². The number of hydrogen-bond donors (Lipinski definition) is 1. The topological polar surface area (TPSA) is 77.6 Å². The summed E-state index contributed by atoms with van der Waals surface area (Å²) in [6.07, 6.45) is 6.99. The van der Waals surface area contributed by atoms with Gasteiger partial charge < -0.3 is 19.9 Å². The number of carbonyl (C=O) groups excluding carboxylic acids is 2. The molecule has 1 aromatic heterocycles. The quantitative estimate of drug-likeness (QED) is 0.639. The number of benzene rings is 1. The maximum Gasteiger partial charge on any atom is 0.305 e. The maximum atomic E-state index is 12.6. The van der Waals surface area contributed by atoms with Gasteiger partial charge in [-0.25, -0.2) is 0 Å². The summed E-state index contributed by atoms with van der Waals surface area (Å²) >= 11 is 0. The Morgan fingerprint density at radius 2 is 1.77 bits per heavy atom. The second-order valence-electron chi connectivity index (χ2n) is 8.78. The van der Waals surface area contributed by atoms with Gasteiger partial charge >= 0.3 is 5.97 Å². The van der Waals surface area contributed by atoms with Crippen LogP contribution in [-0.2, 0) is 22.5 Å². The molecule has 0 atom stereocenters. The molecule has 1 fully saturated rings. The van der Waals surface area contributed by atoms with E-state index in [-0.39, 0.29) is 12.4 Å². The third-order valence-corrected chi connectivity index (χ3v) is 6.51. The zero-order valence-electron chi connectivity index (χ0n) is 19.2. The average Bonchev–Trinajstić information content (AvgIpc) is 3.04. The lowest BCUT2D eigenvalue weighted by Gasteiger charge is -2.24. The number of ether oxygens (including phenoxy) is 1. The predicted molar refractivity (Wildman–Crippen MR) is 124 cm³/mol. The van der Waals surface area contributed by atoms with Crippen LogP contribution >= 0.6 is 0 Å². The Morgan fingerprint density at radius 3 is 2.32 bits per heavy atom. The summed E-state index contributed by atoms with van der Waals surface area (Å²) in [5.74, 6) is -0.0927. The van der Waals surface area contributed by atoms with E-state index in [1.807, 2.05) is 50.2 Å². The van der Waals surface area contributed by atoms with Crippen LogP contribution in [0.4, 0.5) is 5.69 Å². The minimum absolute atomic E-state index is 0.252. The third kappa shape index (κ3) is 5.12. The number of hydrogen-bond acceptors (Lipinski definition) is 4. The van der Waals surface area contributed by atoms with Crippen molar-refractivity contribution >= 4 is 17.6 Å². The van der Waals surface area contributed by atoms with Gasteiger partial charge in [-0.1, -0.05) is 31.4 Å². The van der Waals surface area contributed by atoms with Crippen molar-refractivity contribution in [1.82, 2.24) is 4.57 Å². The number of rotatable bonds is 8. The van der Waals surface area contributed by atoms with Crippen LogP contribution < -0.4 is 10.6 Å². The normalized spacial score (nSPS) is 14.5. The van der Waals surface area contributed by atoms with Crippen LogP contribution in [0, 0.1) is 12.8 Å². The largest absolute Gasteiger partial charge is 0.469 e. The van der Waals surface area contributed by atoms with Crippen molar-refractivity contribution in [3.8, 4) is 11.1 Å². The van der Waals surface area contributed by atoms with Crippen LogP contribution in [0.15, 0.2) is 24.3 Å². The molecular formula is C25H35N3O3. The van der Waals surface area contributed by atoms with Crippen molar-refractivity contribution in [3.05, 3.63) is 41.2 Å². The van der Waals surface area contributed by atoms with Gasteiger partial charge in [-0.15, -0.1) is 0 Å². The molecule has 3 rings (SSSR count). The lowest BCUT2D eigenvalue weighted by Crippen LogP contribution is -2.18. The van der Waals surface area contributed by atoms with Crippen molar-refractivity contribution in [2.24, 2.45) is 11.7 Å². The first-order chi connectivity index (χ1) is 14.8. The zero-order valence-corrected chi connectivity index (χ0v) is 19.2. The molecule has 0 unspecified atom stereocenters. The molecule has 1 aromatic carbocycles. The Balaban J connectivity index is 2.11. The van der Waals surface area contributed by atoms with Gasteiger partial charge in [0.1, 0.15) is 0 Å². The fourth-order valence-electron chi connectivity index (χ4n) is 4.79. The summed E-state index contributed by atoms with van der Waals surface area (Å²) in [5, 5.41) is 0. The molecule has 0 spiro atoms. The van der Waals surface area contributed by atoms with E-state index in [0.717, 1.165) is 34.7 Å². The Morgan fingerprint density at radius 1 is 1.13 bits per heavy atom. The first kappa shape index (κ1) is 22.9. The number of aromatic nitrogens is 1. The molecule has 2 aromatic rings. The van der Waals surface area contributed by atoms with E-state index in [0.29, 0.717) is 17.9 Å². The summed E-state index contributed by atoms with van der Waals surface area (Å²) in [4.78, 5) is 26.5. The summed E-state index contributed by atoms with van der Waals surface area (Å²) in [6, 6.07) is 8.14. The first-order valence-corrected chi connectivity index (χ1v) is 11.2. The molecule has 168 valence electrons. The Hall–Kier alpha value is -2.76. The van der Waals surface area contributed by atoms with Gasteiger partial charge in [-0.2, -0.15) is 0 Å². The molecule has 6 nitrogen and oxygen atoms in total. The van der Waals surface area contributed by atoms with Crippen molar-refractivity contribution in [2.75, 3.05) is 26.1 Å².